The zero-order chi connectivity index (χ0) is 14.8. The van der Waals surface area contributed by atoms with Crippen molar-refractivity contribution in [2.75, 3.05) is 5.32 Å². The summed E-state index contributed by atoms with van der Waals surface area (Å²) in [7, 11) is 0. The van der Waals surface area contributed by atoms with Gasteiger partial charge >= 0.3 is 0 Å². The summed E-state index contributed by atoms with van der Waals surface area (Å²) in [5.74, 6) is -0.0915. The van der Waals surface area contributed by atoms with E-state index in [9.17, 15) is 4.79 Å². The molecule has 2 heterocycles. The number of carbonyl (C=O) groups excluding carboxylic acids is 1. The van der Waals surface area contributed by atoms with Crippen LogP contribution in [0.1, 0.15) is 47.1 Å². The Morgan fingerprint density at radius 3 is 2.95 bits per heavy atom. The van der Waals surface area contributed by atoms with Gasteiger partial charge in [-0.25, -0.2) is 0 Å². The van der Waals surface area contributed by atoms with Crippen molar-refractivity contribution in [1.29, 1.82) is 0 Å². The third-order valence-corrected chi connectivity index (χ3v) is 4.13. The third-order valence-electron chi connectivity index (χ3n) is 4.13. The molecule has 0 bridgehead atoms. The minimum atomic E-state index is -0.0915. The summed E-state index contributed by atoms with van der Waals surface area (Å²) in [6, 6.07) is 1.89. The van der Waals surface area contributed by atoms with Crippen molar-refractivity contribution in [3.8, 4) is 0 Å². The van der Waals surface area contributed by atoms with Crippen LogP contribution < -0.4 is 5.32 Å². The highest BCUT2D eigenvalue weighted by atomic mass is 16.1. The monoisotopic (exact) mass is 284 g/mol. The summed E-state index contributed by atoms with van der Waals surface area (Å²) in [5, 5.41) is 7.26. The smallest absolute Gasteiger partial charge is 0.259 e. The molecule has 3 rings (SSSR count). The lowest BCUT2D eigenvalue weighted by atomic mass is 9.94. The van der Waals surface area contributed by atoms with Crippen molar-refractivity contribution < 1.29 is 4.79 Å². The summed E-state index contributed by atoms with van der Waals surface area (Å²) in [5.41, 5.74) is 4.75. The van der Waals surface area contributed by atoms with Crippen LogP contribution in [-0.4, -0.2) is 20.7 Å². The molecule has 0 unspecified atom stereocenters. The fraction of sp³-hybridized carbons (Fsp3) is 0.438. The normalized spacial score (nSPS) is 13.8. The zero-order valence-electron chi connectivity index (χ0n) is 12.5. The minimum absolute atomic E-state index is 0.0915. The first-order chi connectivity index (χ1) is 10.2. The number of rotatable bonds is 3. The number of fused-ring (bicyclic) bond motifs is 1. The van der Waals surface area contributed by atoms with E-state index in [0.717, 1.165) is 42.9 Å². The number of nitrogens with one attached hydrogen (secondary N) is 1. The van der Waals surface area contributed by atoms with E-state index in [-0.39, 0.29) is 5.91 Å². The fourth-order valence-electron chi connectivity index (χ4n) is 2.92. The third kappa shape index (κ3) is 2.55. The van der Waals surface area contributed by atoms with Crippen LogP contribution >= 0.6 is 0 Å². The van der Waals surface area contributed by atoms with E-state index >= 15 is 0 Å². The summed E-state index contributed by atoms with van der Waals surface area (Å²) in [4.78, 5) is 16.9. The molecule has 0 spiro atoms. The van der Waals surface area contributed by atoms with Crippen LogP contribution in [0.15, 0.2) is 18.5 Å². The Labute approximate surface area is 124 Å². The van der Waals surface area contributed by atoms with E-state index in [1.165, 1.54) is 12.0 Å². The Morgan fingerprint density at radius 2 is 2.19 bits per heavy atom. The largest absolute Gasteiger partial charge is 0.322 e. The van der Waals surface area contributed by atoms with E-state index in [2.05, 4.69) is 15.4 Å². The van der Waals surface area contributed by atoms with Gasteiger partial charge < -0.3 is 5.32 Å². The van der Waals surface area contributed by atoms with Crippen LogP contribution in [0.4, 0.5) is 5.69 Å². The number of nitrogens with zero attached hydrogens (tertiary/aromatic N) is 3. The molecule has 110 valence electrons. The van der Waals surface area contributed by atoms with Crippen molar-refractivity contribution in [3.63, 3.8) is 0 Å². The Kier molecular flexibility index (Phi) is 3.73. The summed E-state index contributed by atoms with van der Waals surface area (Å²) >= 11 is 0. The Balaban J connectivity index is 1.86. The Bertz CT molecular complexity index is 675. The average molecular weight is 284 g/mol. The number of amides is 1. The molecule has 0 radical (unpaired) electrons. The number of hydrogen-bond donors (Lipinski definition) is 1. The van der Waals surface area contributed by atoms with Gasteiger partial charge in [-0.3, -0.25) is 14.5 Å². The standard InChI is InChI=1S/C16H20N4O/c1-3-20-11(2)13(10-18-20)16(21)19-15-8-9-17-14-7-5-4-6-12(14)15/h8-10H,3-7H2,1-2H3,(H,17,19,21). The molecule has 1 aliphatic rings. The first kappa shape index (κ1) is 13.8. The van der Waals surface area contributed by atoms with Gasteiger partial charge in [0.05, 0.1) is 11.8 Å². The molecular formula is C16H20N4O. The topological polar surface area (TPSA) is 59.8 Å². The molecule has 5 nitrogen and oxygen atoms in total. The second kappa shape index (κ2) is 5.68. The van der Waals surface area contributed by atoms with Gasteiger partial charge in [-0.1, -0.05) is 0 Å². The Hall–Kier alpha value is -2.17. The van der Waals surface area contributed by atoms with Crippen molar-refractivity contribution in [2.24, 2.45) is 0 Å². The van der Waals surface area contributed by atoms with Crippen molar-refractivity contribution >= 4 is 11.6 Å². The maximum atomic E-state index is 12.5. The molecular weight excluding hydrogens is 264 g/mol. The van der Waals surface area contributed by atoms with Crippen molar-refractivity contribution in [3.05, 3.63) is 41.0 Å². The van der Waals surface area contributed by atoms with Gasteiger partial charge in [-0.05, 0) is 51.2 Å². The fourth-order valence-corrected chi connectivity index (χ4v) is 2.92. The van der Waals surface area contributed by atoms with Crippen LogP contribution in [0, 0.1) is 6.92 Å². The molecule has 0 aromatic carbocycles. The highest BCUT2D eigenvalue weighted by molar-refractivity contribution is 6.05. The van der Waals surface area contributed by atoms with Gasteiger partial charge in [0.15, 0.2) is 0 Å². The molecule has 2 aromatic rings. The summed E-state index contributed by atoms with van der Waals surface area (Å²) in [6.07, 6.45) is 7.76. The molecule has 0 atom stereocenters. The van der Waals surface area contributed by atoms with Gasteiger partial charge in [0.2, 0.25) is 0 Å². The molecule has 2 aromatic heterocycles. The number of aryl methyl sites for hydroxylation is 2. The number of carbonyl (C=O) groups is 1. The quantitative estimate of drug-likeness (QED) is 0.942. The number of pyridine rings is 1. The highest BCUT2D eigenvalue weighted by Crippen LogP contribution is 2.26. The molecule has 1 amide bonds. The number of hydrogen-bond acceptors (Lipinski definition) is 3. The van der Waals surface area contributed by atoms with E-state index in [4.69, 9.17) is 0 Å². The van der Waals surface area contributed by atoms with Gasteiger partial charge in [0.1, 0.15) is 0 Å². The molecule has 1 aliphatic carbocycles. The number of aromatic nitrogens is 3. The maximum Gasteiger partial charge on any atom is 0.259 e. The van der Waals surface area contributed by atoms with E-state index in [0.29, 0.717) is 5.56 Å². The number of anilines is 1. The van der Waals surface area contributed by atoms with Gasteiger partial charge in [0.25, 0.3) is 5.91 Å². The summed E-state index contributed by atoms with van der Waals surface area (Å²) in [6.45, 7) is 4.71. The van der Waals surface area contributed by atoms with Crippen LogP contribution in [0.2, 0.25) is 0 Å². The summed E-state index contributed by atoms with van der Waals surface area (Å²) < 4.78 is 1.83. The molecule has 0 fully saturated rings. The van der Waals surface area contributed by atoms with E-state index in [1.807, 2.05) is 24.6 Å². The van der Waals surface area contributed by atoms with Gasteiger partial charge in [-0.2, -0.15) is 5.10 Å². The zero-order valence-corrected chi connectivity index (χ0v) is 12.5. The first-order valence-corrected chi connectivity index (χ1v) is 7.51. The van der Waals surface area contributed by atoms with Crippen LogP contribution in [0.3, 0.4) is 0 Å². The van der Waals surface area contributed by atoms with Crippen LogP contribution in [-0.2, 0) is 19.4 Å². The molecule has 21 heavy (non-hydrogen) atoms. The molecule has 0 aliphatic heterocycles. The van der Waals surface area contributed by atoms with Crippen molar-refractivity contribution in [2.45, 2.75) is 46.1 Å². The lowest BCUT2D eigenvalue weighted by Gasteiger charge is -2.18. The van der Waals surface area contributed by atoms with Crippen LogP contribution in [0.5, 0.6) is 0 Å². The second-order valence-corrected chi connectivity index (χ2v) is 5.40. The highest BCUT2D eigenvalue weighted by Gasteiger charge is 2.18. The van der Waals surface area contributed by atoms with E-state index < -0.39 is 0 Å². The SMILES string of the molecule is CCn1ncc(C(=O)Nc2ccnc3c2CCCC3)c1C. The van der Waals surface area contributed by atoms with Gasteiger partial charge in [0, 0.05) is 29.8 Å². The average Bonchev–Trinajstić information content (AvgIpc) is 2.88. The second-order valence-electron chi connectivity index (χ2n) is 5.40. The molecule has 0 saturated heterocycles. The maximum absolute atomic E-state index is 12.5. The van der Waals surface area contributed by atoms with E-state index in [1.54, 1.807) is 12.4 Å². The first-order valence-electron chi connectivity index (χ1n) is 7.51. The van der Waals surface area contributed by atoms with Gasteiger partial charge in [-0.15, -0.1) is 0 Å². The predicted molar refractivity (Wildman–Crippen MR) is 81.5 cm³/mol. The lowest BCUT2D eigenvalue weighted by Crippen LogP contribution is -2.17. The Morgan fingerprint density at radius 1 is 1.38 bits per heavy atom. The van der Waals surface area contributed by atoms with Crippen molar-refractivity contribution in [1.82, 2.24) is 14.8 Å². The lowest BCUT2D eigenvalue weighted by molar-refractivity contribution is 0.102. The molecule has 5 heteroatoms. The minimum Gasteiger partial charge on any atom is -0.322 e. The molecule has 0 saturated carbocycles. The molecule has 1 N–H and O–H groups in total. The van der Waals surface area contributed by atoms with Crippen LogP contribution in [0.25, 0.3) is 0 Å². The predicted octanol–water partition coefficient (Wildman–Crippen LogP) is 2.74.